The highest BCUT2D eigenvalue weighted by atomic mass is 32.2. The molecule has 90 valence electrons. The number of ether oxygens (including phenoxy) is 1. The molecule has 0 unspecified atom stereocenters. The SMILES string of the molecule is CS(=O)(=O)NC[C@@H]1C[C@@H](O)[C@@H](O)[C@H](O)O1. The minimum atomic E-state index is -3.33. The first-order chi connectivity index (χ1) is 6.79. The molecule has 0 saturated carbocycles. The summed E-state index contributed by atoms with van der Waals surface area (Å²) in [5, 5.41) is 27.5. The van der Waals surface area contributed by atoms with E-state index in [1.807, 2.05) is 0 Å². The van der Waals surface area contributed by atoms with Gasteiger partial charge < -0.3 is 20.1 Å². The van der Waals surface area contributed by atoms with Gasteiger partial charge in [0.25, 0.3) is 0 Å². The number of hydrogen-bond donors (Lipinski definition) is 4. The van der Waals surface area contributed by atoms with Crippen LogP contribution in [0, 0.1) is 0 Å². The molecule has 0 aromatic heterocycles. The van der Waals surface area contributed by atoms with Crippen LogP contribution in [0.15, 0.2) is 0 Å². The van der Waals surface area contributed by atoms with Crippen molar-refractivity contribution in [3.63, 3.8) is 0 Å². The maximum absolute atomic E-state index is 10.8. The van der Waals surface area contributed by atoms with Gasteiger partial charge in [-0.1, -0.05) is 0 Å². The second kappa shape index (κ2) is 4.73. The van der Waals surface area contributed by atoms with Crippen molar-refractivity contribution in [2.45, 2.75) is 31.0 Å². The maximum atomic E-state index is 10.8. The Morgan fingerprint density at radius 3 is 2.47 bits per heavy atom. The summed E-state index contributed by atoms with van der Waals surface area (Å²) in [4.78, 5) is 0. The van der Waals surface area contributed by atoms with E-state index in [1.54, 1.807) is 0 Å². The van der Waals surface area contributed by atoms with Gasteiger partial charge in [-0.2, -0.15) is 0 Å². The first-order valence-corrected chi connectivity index (χ1v) is 6.33. The Kier molecular flexibility index (Phi) is 4.04. The largest absolute Gasteiger partial charge is 0.390 e. The molecule has 1 saturated heterocycles. The Hall–Kier alpha value is -0.250. The highest BCUT2D eigenvalue weighted by molar-refractivity contribution is 7.88. The van der Waals surface area contributed by atoms with Crippen molar-refractivity contribution in [2.24, 2.45) is 0 Å². The van der Waals surface area contributed by atoms with Gasteiger partial charge in [0.2, 0.25) is 10.0 Å². The number of sulfonamides is 1. The fourth-order valence-corrected chi connectivity index (χ4v) is 1.80. The van der Waals surface area contributed by atoms with E-state index in [0.717, 1.165) is 6.26 Å². The molecule has 0 amide bonds. The summed E-state index contributed by atoms with van der Waals surface area (Å²) >= 11 is 0. The molecule has 8 heteroatoms. The van der Waals surface area contributed by atoms with E-state index in [4.69, 9.17) is 14.9 Å². The van der Waals surface area contributed by atoms with Crippen LogP contribution in [0.5, 0.6) is 0 Å². The molecule has 0 aromatic carbocycles. The zero-order chi connectivity index (χ0) is 11.6. The lowest BCUT2D eigenvalue weighted by atomic mass is 10.0. The monoisotopic (exact) mass is 241 g/mol. The molecule has 4 atom stereocenters. The van der Waals surface area contributed by atoms with Gasteiger partial charge in [0.1, 0.15) is 6.10 Å². The molecule has 0 radical (unpaired) electrons. The van der Waals surface area contributed by atoms with Crippen LogP contribution in [0.4, 0.5) is 0 Å². The summed E-state index contributed by atoms with van der Waals surface area (Å²) in [6.07, 6.45) is -3.52. The fraction of sp³-hybridized carbons (Fsp3) is 1.00. The van der Waals surface area contributed by atoms with E-state index >= 15 is 0 Å². The normalized spacial score (nSPS) is 37.9. The second-order valence-electron chi connectivity index (χ2n) is 3.56. The van der Waals surface area contributed by atoms with E-state index in [2.05, 4.69) is 4.72 Å². The standard InChI is InChI=1S/C7H15NO6S/c1-15(12,13)8-3-4-2-5(9)6(10)7(11)14-4/h4-11H,2-3H2,1H3/t4-,5+,6+,7+/m0/s1. The molecular weight excluding hydrogens is 226 g/mol. The Bertz CT molecular complexity index is 293. The third-order valence-electron chi connectivity index (χ3n) is 2.10. The number of rotatable bonds is 3. The van der Waals surface area contributed by atoms with E-state index in [-0.39, 0.29) is 13.0 Å². The molecular formula is C7H15NO6S. The molecule has 1 aliphatic heterocycles. The van der Waals surface area contributed by atoms with Gasteiger partial charge >= 0.3 is 0 Å². The van der Waals surface area contributed by atoms with Gasteiger partial charge in [0.15, 0.2) is 6.29 Å². The number of hydrogen-bond acceptors (Lipinski definition) is 6. The van der Waals surface area contributed by atoms with Crippen molar-refractivity contribution in [3.8, 4) is 0 Å². The fourth-order valence-electron chi connectivity index (χ4n) is 1.31. The van der Waals surface area contributed by atoms with E-state index in [9.17, 15) is 13.5 Å². The van der Waals surface area contributed by atoms with E-state index in [0.29, 0.717) is 0 Å². The van der Waals surface area contributed by atoms with E-state index in [1.165, 1.54) is 0 Å². The average Bonchev–Trinajstić information content (AvgIpc) is 2.09. The molecule has 1 rings (SSSR count). The van der Waals surface area contributed by atoms with Crippen LogP contribution in [0.1, 0.15) is 6.42 Å². The van der Waals surface area contributed by atoms with Crippen LogP contribution in [-0.2, 0) is 14.8 Å². The summed E-state index contributed by atoms with van der Waals surface area (Å²) in [6, 6.07) is 0. The first-order valence-electron chi connectivity index (χ1n) is 4.44. The smallest absolute Gasteiger partial charge is 0.208 e. The first kappa shape index (κ1) is 12.8. The van der Waals surface area contributed by atoms with Crippen LogP contribution in [0.2, 0.25) is 0 Å². The molecule has 1 aliphatic rings. The maximum Gasteiger partial charge on any atom is 0.208 e. The van der Waals surface area contributed by atoms with Crippen molar-refractivity contribution < 1.29 is 28.5 Å². The summed E-state index contributed by atoms with van der Waals surface area (Å²) in [7, 11) is -3.33. The lowest BCUT2D eigenvalue weighted by molar-refractivity contribution is -0.244. The van der Waals surface area contributed by atoms with Gasteiger partial charge in [-0.3, -0.25) is 0 Å². The molecule has 1 fully saturated rings. The highest BCUT2D eigenvalue weighted by Crippen LogP contribution is 2.18. The van der Waals surface area contributed by atoms with Crippen LogP contribution in [0.3, 0.4) is 0 Å². The second-order valence-corrected chi connectivity index (χ2v) is 5.40. The zero-order valence-electron chi connectivity index (χ0n) is 8.20. The van der Waals surface area contributed by atoms with E-state index < -0.39 is 34.6 Å². The highest BCUT2D eigenvalue weighted by Gasteiger charge is 2.35. The summed E-state index contributed by atoms with van der Waals surface area (Å²) < 4.78 is 28.6. The lowest BCUT2D eigenvalue weighted by Crippen LogP contribution is -2.51. The van der Waals surface area contributed by atoms with Crippen molar-refractivity contribution in [2.75, 3.05) is 12.8 Å². The molecule has 0 spiro atoms. The molecule has 0 aromatic rings. The summed E-state index contributed by atoms with van der Waals surface area (Å²) in [5.74, 6) is 0. The Morgan fingerprint density at radius 2 is 2.00 bits per heavy atom. The Labute approximate surface area is 87.7 Å². The summed E-state index contributed by atoms with van der Waals surface area (Å²) in [5.41, 5.74) is 0. The van der Waals surface area contributed by atoms with Gasteiger partial charge in [0.05, 0.1) is 18.5 Å². The summed E-state index contributed by atoms with van der Waals surface area (Å²) in [6.45, 7) is -0.0420. The van der Waals surface area contributed by atoms with Crippen LogP contribution >= 0.6 is 0 Å². The van der Waals surface area contributed by atoms with Crippen molar-refractivity contribution in [3.05, 3.63) is 0 Å². The van der Waals surface area contributed by atoms with Gasteiger partial charge in [0, 0.05) is 13.0 Å². The molecule has 1 heterocycles. The third kappa shape index (κ3) is 4.01. The van der Waals surface area contributed by atoms with Crippen LogP contribution in [-0.4, -0.2) is 61.1 Å². The van der Waals surface area contributed by atoms with Crippen LogP contribution in [0.25, 0.3) is 0 Å². The quantitative estimate of drug-likeness (QED) is 0.429. The van der Waals surface area contributed by atoms with Gasteiger partial charge in [-0.05, 0) is 0 Å². The molecule has 4 N–H and O–H groups in total. The molecule has 0 bridgehead atoms. The minimum Gasteiger partial charge on any atom is -0.390 e. The predicted molar refractivity (Wildman–Crippen MR) is 50.4 cm³/mol. The number of aliphatic hydroxyl groups is 3. The lowest BCUT2D eigenvalue weighted by Gasteiger charge is -2.34. The third-order valence-corrected chi connectivity index (χ3v) is 2.79. The molecule has 0 aliphatic carbocycles. The Balaban J connectivity index is 2.45. The van der Waals surface area contributed by atoms with Gasteiger partial charge in [-0.15, -0.1) is 0 Å². The average molecular weight is 241 g/mol. The topological polar surface area (TPSA) is 116 Å². The van der Waals surface area contributed by atoms with Crippen molar-refractivity contribution >= 4 is 10.0 Å². The molecule has 15 heavy (non-hydrogen) atoms. The van der Waals surface area contributed by atoms with Gasteiger partial charge in [-0.25, -0.2) is 13.1 Å². The Morgan fingerprint density at radius 1 is 1.40 bits per heavy atom. The van der Waals surface area contributed by atoms with Crippen molar-refractivity contribution in [1.29, 1.82) is 0 Å². The molecule has 7 nitrogen and oxygen atoms in total. The minimum absolute atomic E-state index is 0.0420. The zero-order valence-corrected chi connectivity index (χ0v) is 9.01. The van der Waals surface area contributed by atoms with Crippen LogP contribution < -0.4 is 4.72 Å². The van der Waals surface area contributed by atoms with Crippen molar-refractivity contribution in [1.82, 2.24) is 4.72 Å². The number of aliphatic hydroxyl groups excluding tert-OH is 3. The number of nitrogens with one attached hydrogen (secondary N) is 1. The predicted octanol–water partition coefficient (Wildman–Crippen LogP) is -2.64.